The van der Waals surface area contributed by atoms with Crippen LogP contribution in [0.15, 0.2) is 41.8 Å². The molecular formula is C19H26N4O3S2. The normalized spacial score (nSPS) is 18.2. The van der Waals surface area contributed by atoms with E-state index < -0.39 is 9.84 Å². The molecule has 2 aromatic rings. The Morgan fingerprint density at radius 2 is 2.07 bits per heavy atom. The Balaban J connectivity index is 1.70. The molecule has 0 unspecified atom stereocenters. The molecule has 1 aliphatic rings. The molecule has 9 heteroatoms. The number of amides is 1. The number of anilines is 1. The van der Waals surface area contributed by atoms with E-state index in [4.69, 9.17) is 0 Å². The monoisotopic (exact) mass is 422 g/mol. The molecule has 152 valence electrons. The molecule has 7 nitrogen and oxygen atoms in total. The maximum absolute atomic E-state index is 13.1. The second-order valence-corrected chi connectivity index (χ2v) is 10.1. The van der Waals surface area contributed by atoms with E-state index in [-0.39, 0.29) is 29.2 Å². The van der Waals surface area contributed by atoms with Crippen LogP contribution in [0.1, 0.15) is 32.6 Å². The molecule has 0 spiro atoms. The molecule has 0 radical (unpaired) electrons. The van der Waals surface area contributed by atoms with Gasteiger partial charge in [0.25, 0.3) is 0 Å². The fourth-order valence-electron chi connectivity index (χ4n) is 3.36. The number of aromatic nitrogens is 3. The zero-order chi connectivity index (χ0) is 20.0. The Kier molecular flexibility index (Phi) is 7.12. The predicted octanol–water partition coefficient (Wildman–Crippen LogP) is 2.78. The molecule has 1 amide bonds. The molecular weight excluding hydrogens is 396 g/mol. The lowest BCUT2D eigenvalue weighted by Crippen LogP contribution is -2.42. The van der Waals surface area contributed by atoms with Gasteiger partial charge < -0.3 is 9.47 Å². The standard InChI is InChI=1S/C19H26N4O3S2/c1-2-3-7-11-22-15-20-21-19(22)27-13-18(24)23(16-8-5-4-6-9-16)17-10-12-28(25,26)14-17/h4-6,8-9,15,17H,2-3,7,10-14H2,1H3/t17-/m1/s1. The summed E-state index contributed by atoms with van der Waals surface area (Å²) in [4.78, 5) is 14.7. The first-order valence-electron chi connectivity index (χ1n) is 9.58. The Morgan fingerprint density at radius 3 is 2.75 bits per heavy atom. The lowest BCUT2D eigenvalue weighted by molar-refractivity contribution is -0.116. The molecule has 1 aromatic carbocycles. The van der Waals surface area contributed by atoms with Gasteiger partial charge in [-0.1, -0.05) is 49.7 Å². The van der Waals surface area contributed by atoms with Crippen molar-refractivity contribution >= 4 is 33.2 Å². The van der Waals surface area contributed by atoms with E-state index in [1.807, 2.05) is 34.9 Å². The minimum atomic E-state index is -3.09. The van der Waals surface area contributed by atoms with E-state index in [0.717, 1.165) is 36.7 Å². The van der Waals surface area contributed by atoms with Crippen LogP contribution in [0.2, 0.25) is 0 Å². The van der Waals surface area contributed by atoms with E-state index >= 15 is 0 Å². The average Bonchev–Trinajstić information content (AvgIpc) is 3.27. The molecule has 1 saturated heterocycles. The second kappa shape index (κ2) is 9.56. The zero-order valence-corrected chi connectivity index (χ0v) is 17.7. The topological polar surface area (TPSA) is 85.2 Å². The van der Waals surface area contributed by atoms with Crippen LogP contribution in [0.25, 0.3) is 0 Å². The minimum Gasteiger partial charge on any atom is -0.309 e. The van der Waals surface area contributed by atoms with Gasteiger partial charge in [0.1, 0.15) is 6.33 Å². The van der Waals surface area contributed by atoms with Crippen molar-refractivity contribution in [1.29, 1.82) is 0 Å². The number of hydrogen-bond donors (Lipinski definition) is 0. The van der Waals surface area contributed by atoms with Gasteiger partial charge in [0.05, 0.1) is 23.3 Å². The van der Waals surface area contributed by atoms with E-state index in [9.17, 15) is 13.2 Å². The molecule has 0 bridgehead atoms. The molecule has 0 N–H and O–H groups in total. The Labute approximate surface area is 170 Å². The molecule has 1 atom stereocenters. The number of nitrogens with zero attached hydrogens (tertiary/aromatic N) is 4. The van der Waals surface area contributed by atoms with Crippen molar-refractivity contribution in [3.8, 4) is 0 Å². The summed E-state index contributed by atoms with van der Waals surface area (Å²) >= 11 is 1.35. The van der Waals surface area contributed by atoms with Crippen molar-refractivity contribution in [2.24, 2.45) is 0 Å². The van der Waals surface area contributed by atoms with E-state index in [1.54, 1.807) is 11.2 Å². The molecule has 0 aliphatic carbocycles. The van der Waals surface area contributed by atoms with Crippen molar-refractivity contribution in [1.82, 2.24) is 14.8 Å². The number of aryl methyl sites for hydroxylation is 1. The van der Waals surface area contributed by atoms with Gasteiger partial charge in [-0.15, -0.1) is 10.2 Å². The van der Waals surface area contributed by atoms with Crippen molar-refractivity contribution in [3.05, 3.63) is 36.7 Å². The number of benzene rings is 1. The van der Waals surface area contributed by atoms with Gasteiger partial charge in [-0.3, -0.25) is 4.79 Å². The maximum atomic E-state index is 13.1. The first-order valence-corrected chi connectivity index (χ1v) is 12.4. The van der Waals surface area contributed by atoms with Crippen LogP contribution in [-0.2, 0) is 21.2 Å². The van der Waals surface area contributed by atoms with Crippen LogP contribution in [0.4, 0.5) is 5.69 Å². The molecule has 1 aromatic heterocycles. The van der Waals surface area contributed by atoms with Crippen LogP contribution < -0.4 is 4.90 Å². The largest absolute Gasteiger partial charge is 0.309 e. The second-order valence-electron chi connectivity index (χ2n) is 6.96. The number of rotatable bonds is 9. The highest BCUT2D eigenvalue weighted by atomic mass is 32.2. The lowest BCUT2D eigenvalue weighted by atomic mass is 10.2. The van der Waals surface area contributed by atoms with E-state index in [2.05, 4.69) is 17.1 Å². The first kappa shape index (κ1) is 20.9. The summed E-state index contributed by atoms with van der Waals surface area (Å²) in [5, 5.41) is 8.81. The SMILES string of the molecule is CCCCCn1cnnc1SCC(=O)N(c1ccccc1)[C@@H]1CCS(=O)(=O)C1. The highest BCUT2D eigenvalue weighted by Gasteiger charge is 2.35. The minimum absolute atomic E-state index is 0.0193. The van der Waals surface area contributed by atoms with Gasteiger partial charge in [-0.2, -0.15) is 0 Å². The van der Waals surface area contributed by atoms with Crippen molar-refractivity contribution in [2.45, 2.75) is 50.4 Å². The van der Waals surface area contributed by atoms with E-state index in [0.29, 0.717) is 6.42 Å². The van der Waals surface area contributed by atoms with Gasteiger partial charge >= 0.3 is 0 Å². The summed E-state index contributed by atoms with van der Waals surface area (Å²) in [5.74, 6) is 0.234. The number of unbranched alkanes of at least 4 members (excludes halogenated alkanes) is 2. The van der Waals surface area contributed by atoms with Crippen LogP contribution in [0.3, 0.4) is 0 Å². The average molecular weight is 423 g/mol. The predicted molar refractivity (Wildman–Crippen MR) is 111 cm³/mol. The Morgan fingerprint density at radius 1 is 1.29 bits per heavy atom. The summed E-state index contributed by atoms with van der Waals surface area (Å²) in [7, 11) is -3.09. The third-order valence-electron chi connectivity index (χ3n) is 4.78. The third kappa shape index (κ3) is 5.35. The maximum Gasteiger partial charge on any atom is 0.237 e. The van der Waals surface area contributed by atoms with Crippen molar-refractivity contribution in [3.63, 3.8) is 0 Å². The highest BCUT2D eigenvalue weighted by Crippen LogP contribution is 2.26. The summed E-state index contributed by atoms with van der Waals surface area (Å²) in [6, 6.07) is 8.97. The van der Waals surface area contributed by atoms with Crippen molar-refractivity contribution in [2.75, 3.05) is 22.2 Å². The molecule has 3 rings (SSSR count). The molecule has 0 saturated carbocycles. The van der Waals surface area contributed by atoms with Gasteiger partial charge in [-0.05, 0) is 25.0 Å². The zero-order valence-electron chi connectivity index (χ0n) is 16.0. The Hall–Kier alpha value is -1.87. The molecule has 2 heterocycles. The van der Waals surface area contributed by atoms with Gasteiger partial charge in [0.15, 0.2) is 15.0 Å². The molecule has 28 heavy (non-hydrogen) atoms. The molecule has 1 aliphatic heterocycles. The summed E-state index contributed by atoms with van der Waals surface area (Å²) in [5.41, 5.74) is 0.736. The number of carbonyl (C=O) groups is 1. The van der Waals surface area contributed by atoms with Crippen LogP contribution in [0.5, 0.6) is 0 Å². The van der Waals surface area contributed by atoms with Crippen LogP contribution in [0, 0.1) is 0 Å². The fourth-order valence-corrected chi connectivity index (χ4v) is 5.86. The smallest absolute Gasteiger partial charge is 0.237 e. The Bertz CT molecular complexity index is 884. The number of hydrogen-bond acceptors (Lipinski definition) is 6. The fraction of sp³-hybridized carbons (Fsp3) is 0.526. The van der Waals surface area contributed by atoms with Gasteiger partial charge in [-0.25, -0.2) is 8.42 Å². The van der Waals surface area contributed by atoms with Crippen LogP contribution in [-0.4, -0.2) is 52.4 Å². The van der Waals surface area contributed by atoms with Crippen LogP contribution >= 0.6 is 11.8 Å². The lowest BCUT2D eigenvalue weighted by Gasteiger charge is -2.28. The number of carbonyl (C=O) groups excluding carboxylic acids is 1. The number of sulfone groups is 1. The first-order chi connectivity index (χ1) is 13.5. The number of para-hydroxylation sites is 1. The summed E-state index contributed by atoms with van der Waals surface area (Å²) in [6.07, 6.45) is 5.49. The van der Waals surface area contributed by atoms with Gasteiger partial charge in [0.2, 0.25) is 5.91 Å². The third-order valence-corrected chi connectivity index (χ3v) is 7.50. The van der Waals surface area contributed by atoms with Crippen molar-refractivity contribution < 1.29 is 13.2 Å². The van der Waals surface area contributed by atoms with E-state index in [1.165, 1.54) is 11.8 Å². The summed E-state index contributed by atoms with van der Waals surface area (Å²) in [6.45, 7) is 2.99. The molecule has 1 fully saturated rings. The number of thioether (sulfide) groups is 1. The summed E-state index contributed by atoms with van der Waals surface area (Å²) < 4.78 is 25.9. The van der Waals surface area contributed by atoms with Gasteiger partial charge in [0, 0.05) is 12.2 Å². The highest BCUT2D eigenvalue weighted by molar-refractivity contribution is 7.99. The quantitative estimate of drug-likeness (QED) is 0.456.